The summed E-state index contributed by atoms with van der Waals surface area (Å²) in [6, 6.07) is 13.1. The molecule has 30 heavy (non-hydrogen) atoms. The molecule has 7 heteroatoms. The van der Waals surface area contributed by atoms with Gasteiger partial charge in [-0.1, -0.05) is 12.1 Å². The van der Waals surface area contributed by atoms with Gasteiger partial charge in [-0.25, -0.2) is 0 Å². The van der Waals surface area contributed by atoms with Gasteiger partial charge in [-0.05, 0) is 64.1 Å². The lowest BCUT2D eigenvalue weighted by Gasteiger charge is -2.27. The van der Waals surface area contributed by atoms with E-state index >= 15 is 0 Å². The number of amides is 3. The molecule has 1 aliphatic rings. The van der Waals surface area contributed by atoms with Crippen LogP contribution in [0.15, 0.2) is 48.5 Å². The lowest BCUT2D eigenvalue weighted by atomic mass is 10.1. The maximum absolute atomic E-state index is 12.5. The molecule has 1 unspecified atom stereocenters. The van der Waals surface area contributed by atoms with Gasteiger partial charge in [0.25, 0.3) is 17.7 Å². The molecule has 0 aromatic heterocycles. The van der Waals surface area contributed by atoms with E-state index in [1.54, 1.807) is 48.5 Å². The highest BCUT2D eigenvalue weighted by molar-refractivity contribution is 6.21. The van der Waals surface area contributed by atoms with E-state index in [9.17, 15) is 19.5 Å². The molecule has 0 spiro atoms. The summed E-state index contributed by atoms with van der Waals surface area (Å²) in [5, 5.41) is 13.6. The van der Waals surface area contributed by atoms with Gasteiger partial charge in [-0.2, -0.15) is 0 Å². The predicted octanol–water partition coefficient (Wildman–Crippen LogP) is 2.89. The Morgan fingerprint density at radius 3 is 2.03 bits per heavy atom. The van der Waals surface area contributed by atoms with E-state index in [1.807, 2.05) is 20.8 Å². The van der Waals surface area contributed by atoms with Crippen molar-refractivity contribution in [3.8, 4) is 5.75 Å². The van der Waals surface area contributed by atoms with E-state index in [1.165, 1.54) is 6.92 Å². The number of hydrogen-bond acceptors (Lipinski definition) is 5. The number of nitrogens with zero attached hydrogens (tertiary/aromatic N) is 1. The van der Waals surface area contributed by atoms with Crippen molar-refractivity contribution in [2.45, 2.75) is 38.8 Å². The molecule has 1 aliphatic heterocycles. The predicted molar refractivity (Wildman–Crippen MR) is 114 cm³/mol. The zero-order valence-electron chi connectivity index (χ0n) is 17.6. The van der Waals surface area contributed by atoms with Gasteiger partial charge in [0.05, 0.1) is 17.7 Å². The Morgan fingerprint density at radius 2 is 1.53 bits per heavy atom. The average molecular weight is 412 g/mol. The fourth-order valence-electron chi connectivity index (χ4n) is 3.12. The third-order valence-electron chi connectivity index (χ3n) is 4.53. The van der Waals surface area contributed by atoms with Crippen LogP contribution in [0, 0.1) is 0 Å². The highest BCUT2D eigenvalue weighted by atomic mass is 16.5. The zero-order chi connectivity index (χ0) is 22.1. The first-order valence-electron chi connectivity index (χ1n) is 9.70. The highest BCUT2D eigenvalue weighted by Crippen LogP contribution is 2.24. The van der Waals surface area contributed by atoms with Crippen LogP contribution < -0.4 is 10.1 Å². The third-order valence-corrected chi connectivity index (χ3v) is 4.53. The summed E-state index contributed by atoms with van der Waals surface area (Å²) in [6.07, 6.45) is 0. The number of fused-ring (bicyclic) bond motifs is 1. The maximum Gasteiger partial charge on any atom is 0.261 e. The van der Waals surface area contributed by atoms with Crippen LogP contribution in [-0.4, -0.2) is 52.0 Å². The summed E-state index contributed by atoms with van der Waals surface area (Å²) < 4.78 is 5.63. The smallest absolute Gasteiger partial charge is 0.261 e. The van der Waals surface area contributed by atoms with E-state index in [0.29, 0.717) is 22.4 Å². The Labute approximate surface area is 177 Å². The van der Waals surface area contributed by atoms with E-state index in [0.717, 1.165) is 4.90 Å². The number of ether oxygens (including phenoxy) is 1. The number of rotatable bonds is 6. The summed E-state index contributed by atoms with van der Waals surface area (Å²) in [7, 11) is 0. The normalized spacial score (nSPS) is 15.6. The van der Waals surface area contributed by atoms with E-state index in [4.69, 9.17) is 4.74 Å². The van der Waals surface area contributed by atoms with Crippen LogP contribution in [0.3, 0.4) is 0 Å². The molecular formula is C23H28N2O5. The van der Waals surface area contributed by atoms with Gasteiger partial charge in [0.1, 0.15) is 18.0 Å². The fourth-order valence-corrected chi connectivity index (χ4v) is 3.12. The van der Waals surface area contributed by atoms with E-state index in [-0.39, 0.29) is 26.0 Å². The van der Waals surface area contributed by atoms with Gasteiger partial charge in [-0.3, -0.25) is 19.3 Å². The van der Waals surface area contributed by atoms with E-state index in [2.05, 4.69) is 5.32 Å². The summed E-state index contributed by atoms with van der Waals surface area (Å²) in [5.41, 5.74) is -0.619. The minimum absolute atomic E-state index is 0. The fraction of sp³-hybridized carbons (Fsp3) is 0.348. The quantitative estimate of drug-likeness (QED) is 0.712. The Kier molecular flexibility index (Phi) is 5.67. The van der Waals surface area contributed by atoms with Crippen molar-refractivity contribution in [2.75, 3.05) is 13.2 Å². The van der Waals surface area contributed by atoms with Crippen molar-refractivity contribution < 1.29 is 25.7 Å². The number of nitrogens with one attached hydrogen (secondary N) is 1. The number of imide groups is 1. The average Bonchev–Trinajstić information content (AvgIpc) is 2.90. The van der Waals surface area contributed by atoms with Crippen molar-refractivity contribution in [2.24, 2.45) is 0 Å². The molecule has 0 saturated heterocycles. The topological polar surface area (TPSA) is 95.9 Å². The van der Waals surface area contributed by atoms with Crippen LogP contribution in [-0.2, 0) is 0 Å². The summed E-state index contributed by atoms with van der Waals surface area (Å²) in [5.74, 6) is -0.577. The van der Waals surface area contributed by atoms with Crippen LogP contribution in [0.1, 0.15) is 60.2 Å². The van der Waals surface area contributed by atoms with Gasteiger partial charge >= 0.3 is 0 Å². The first-order chi connectivity index (χ1) is 14.0. The Bertz CT molecular complexity index is 945. The van der Waals surface area contributed by atoms with E-state index < -0.39 is 17.4 Å². The maximum atomic E-state index is 12.5. The molecular weight excluding hydrogens is 384 g/mol. The SMILES string of the molecule is CC(O)(COc1ccc(C(=O)NC(C)(C)C)cc1)CN1C(=O)c2ccccc2C1=O.[HH]. The van der Waals surface area contributed by atoms with Gasteiger partial charge in [0.2, 0.25) is 0 Å². The van der Waals surface area contributed by atoms with Crippen molar-refractivity contribution in [3.05, 3.63) is 65.2 Å². The molecule has 0 fully saturated rings. The second-order valence-corrected chi connectivity index (χ2v) is 8.76. The van der Waals surface area contributed by atoms with Crippen LogP contribution in [0.25, 0.3) is 0 Å². The third kappa shape index (κ3) is 4.86. The van der Waals surface area contributed by atoms with Crippen LogP contribution in [0.4, 0.5) is 0 Å². The van der Waals surface area contributed by atoms with Crippen molar-refractivity contribution in [1.29, 1.82) is 0 Å². The first kappa shape index (κ1) is 21.5. The molecule has 2 aromatic rings. The first-order valence-corrected chi connectivity index (χ1v) is 9.70. The number of hydrogen-bond donors (Lipinski definition) is 2. The Hall–Kier alpha value is -3.19. The second kappa shape index (κ2) is 7.91. The van der Waals surface area contributed by atoms with Crippen molar-refractivity contribution in [1.82, 2.24) is 10.2 Å². The number of carbonyl (C=O) groups excluding carboxylic acids is 3. The molecule has 0 bridgehead atoms. The second-order valence-electron chi connectivity index (χ2n) is 8.76. The van der Waals surface area contributed by atoms with Crippen molar-refractivity contribution >= 4 is 17.7 Å². The summed E-state index contributed by atoms with van der Waals surface area (Å²) in [4.78, 5) is 38.2. The molecule has 2 N–H and O–H groups in total. The number of aliphatic hydroxyl groups is 1. The molecule has 0 aliphatic carbocycles. The van der Waals surface area contributed by atoms with Crippen molar-refractivity contribution in [3.63, 3.8) is 0 Å². The molecule has 0 saturated carbocycles. The zero-order valence-corrected chi connectivity index (χ0v) is 17.6. The molecule has 1 heterocycles. The minimum Gasteiger partial charge on any atom is -0.491 e. The Balaban J connectivity index is 0.00000341. The largest absolute Gasteiger partial charge is 0.491 e. The summed E-state index contributed by atoms with van der Waals surface area (Å²) in [6.45, 7) is 6.89. The molecule has 3 rings (SSSR count). The number of carbonyl (C=O) groups is 3. The van der Waals surface area contributed by atoms with Crippen LogP contribution in [0.5, 0.6) is 5.75 Å². The minimum atomic E-state index is -1.45. The van der Waals surface area contributed by atoms with Gasteiger partial charge in [0, 0.05) is 12.5 Å². The van der Waals surface area contributed by atoms with Gasteiger partial charge in [-0.15, -0.1) is 0 Å². The molecule has 2 aromatic carbocycles. The highest BCUT2D eigenvalue weighted by Gasteiger charge is 2.39. The van der Waals surface area contributed by atoms with Crippen LogP contribution in [0.2, 0.25) is 0 Å². The molecule has 1 atom stereocenters. The van der Waals surface area contributed by atoms with Crippen LogP contribution >= 0.6 is 0 Å². The molecule has 0 radical (unpaired) electrons. The van der Waals surface area contributed by atoms with Gasteiger partial charge < -0.3 is 15.2 Å². The number of β-amino-alcohol motifs (C(OH)–C–C–N with tert-alkyl or cyclic N) is 1. The Morgan fingerprint density at radius 1 is 1.00 bits per heavy atom. The molecule has 7 nitrogen and oxygen atoms in total. The summed E-state index contributed by atoms with van der Waals surface area (Å²) >= 11 is 0. The monoisotopic (exact) mass is 412 g/mol. The molecule has 160 valence electrons. The standard InChI is InChI=1S/C23H26N2O5.H2/c1-22(2,3)24-19(26)15-9-11-16(12-10-15)30-14-23(4,29)13-25-20(27)17-7-5-6-8-18(17)21(25)28;/h5-12,29H,13-14H2,1-4H3,(H,24,26);1H. The lowest BCUT2D eigenvalue weighted by Crippen LogP contribution is -2.47. The van der Waals surface area contributed by atoms with Gasteiger partial charge in [0.15, 0.2) is 0 Å². The lowest BCUT2D eigenvalue weighted by molar-refractivity contribution is -0.0102. The number of benzene rings is 2. The molecule has 3 amide bonds.